The topological polar surface area (TPSA) is 109 Å². The van der Waals surface area contributed by atoms with Crippen LogP contribution in [0.25, 0.3) is 0 Å². The second-order valence-corrected chi connectivity index (χ2v) is 4.74. The number of nitro groups is 1. The first-order valence-corrected chi connectivity index (χ1v) is 6.68. The lowest BCUT2D eigenvalue weighted by Crippen LogP contribution is -2.30. The molecule has 1 unspecified atom stereocenters. The van der Waals surface area contributed by atoms with E-state index in [1.54, 1.807) is 14.0 Å². The van der Waals surface area contributed by atoms with Crippen LogP contribution in [0, 0.1) is 10.1 Å². The maximum atomic E-state index is 12.4. The Bertz CT molecular complexity index is 519. The molecule has 1 aromatic rings. The molecule has 21 heavy (non-hydrogen) atoms. The number of anilines is 1. The van der Waals surface area contributed by atoms with Crippen LogP contribution in [0.5, 0.6) is 0 Å². The Balaban J connectivity index is 3.03. The van der Waals surface area contributed by atoms with E-state index >= 15 is 0 Å². The van der Waals surface area contributed by atoms with Gasteiger partial charge in [-0.2, -0.15) is 0 Å². The Kier molecular flexibility index (Phi) is 6.04. The normalized spacial score (nSPS) is 11.8. The van der Waals surface area contributed by atoms with Crippen LogP contribution in [-0.2, 0) is 0 Å². The number of hydrogen-bond acceptors (Lipinski definition) is 6. The van der Waals surface area contributed by atoms with Crippen LogP contribution < -0.4 is 5.32 Å². The van der Waals surface area contributed by atoms with Crippen molar-refractivity contribution in [2.24, 2.45) is 0 Å². The van der Waals surface area contributed by atoms with Gasteiger partial charge < -0.3 is 15.3 Å². The van der Waals surface area contributed by atoms with Gasteiger partial charge in [0, 0.05) is 26.2 Å². The van der Waals surface area contributed by atoms with Crippen molar-refractivity contribution in [1.82, 2.24) is 9.88 Å². The number of nitrogens with zero attached hydrogens (tertiary/aromatic N) is 3. The van der Waals surface area contributed by atoms with Crippen LogP contribution >= 0.6 is 0 Å². The quantitative estimate of drug-likeness (QED) is 0.579. The van der Waals surface area contributed by atoms with Gasteiger partial charge in [-0.05, 0) is 20.3 Å². The highest BCUT2D eigenvalue weighted by Crippen LogP contribution is 2.20. The van der Waals surface area contributed by atoms with Crippen LogP contribution in [-0.4, -0.2) is 52.1 Å². The van der Waals surface area contributed by atoms with Crippen molar-refractivity contribution < 1.29 is 14.8 Å². The van der Waals surface area contributed by atoms with Crippen LogP contribution in [0.3, 0.4) is 0 Å². The van der Waals surface area contributed by atoms with Crippen LogP contribution in [0.15, 0.2) is 12.3 Å². The van der Waals surface area contributed by atoms with E-state index in [4.69, 9.17) is 0 Å². The van der Waals surface area contributed by atoms with Crippen LogP contribution in [0.4, 0.5) is 11.5 Å². The van der Waals surface area contributed by atoms with E-state index < -0.39 is 11.0 Å². The van der Waals surface area contributed by atoms with E-state index in [1.807, 2.05) is 6.92 Å². The van der Waals surface area contributed by atoms with Gasteiger partial charge in [-0.25, -0.2) is 4.98 Å². The Hall–Kier alpha value is -2.22. The first-order chi connectivity index (χ1) is 9.86. The number of hydrogen-bond donors (Lipinski definition) is 2. The fourth-order valence-electron chi connectivity index (χ4n) is 1.71. The van der Waals surface area contributed by atoms with E-state index in [1.165, 1.54) is 11.0 Å². The molecule has 0 bridgehead atoms. The molecule has 1 atom stereocenters. The molecule has 2 N–H and O–H groups in total. The third-order valence-electron chi connectivity index (χ3n) is 2.89. The Morgan fingerprint density at radius 3 is 2.81 bits per heavy atom. The first-order valence-electron chi connectivity index (χ1n) is 6.68. The predicted molar refractivity (Wildman–Crippen MR) is 78.3 cm³/mol. The molecule has 0 spiro atoms. The lowest BCUT2D eigenvalue weighted by Gasteiger charge is -2.19. The third kappa shape index (κ3) is 4.67. The molecular weight excluding hydrogens is 276 g/mol. The minimum Gasteiger partial charge on any atom is -0.393 e. The number of carbonyl (C=O) groups is 1. The van der Waals surface area contributed by atoms with Crippen LogP contribution in [0.1, 0.15) is 30.6 Å². The zero-order valence-corrected chi connectivity index (χ0v) is 12.4. The van der Waals surface area contributed by atoms with Gasteiger partial charge in [0.1, 0.15) is 12.0 Å². The van der Waals surface area contributed by atoms with E-state index in [0.29, 0.717) is 25.3 Å². The van der Waals surface area contributed by atoms with Gasteiger partial charge in [0.2, 0.25) is 0 Å². The number of aliphatic hydroxyl groups excluding tert-OH is 1. The van der Waals surface area contributed by atoms with Gasteiger partial charge in [-0.1, -0.05) is 0 Å². The molecule has 0 radical (unpaired) electrons. The number of aromatic nitrogens is 1. The summed E-state index contributed by atoms with van der Waals surface area (Å²) in [7, 11) is 1.58. The number of carbonyl (C=O) groups excluding carboxylic acids is 1. The fraction of sp³-hybridized carbons (Fsp3) is 0.538. The average Bonchev–Trinajstić information content (AvgIpc) is 2.44. The standard InChI is InChI=1S/C13H20N4O4/c1-4-14-12-11(7-10(8-15-12)17(20)21)13(19)16(3)6-5-9(2)18/h7-9,18H,4-6H2,1-3H3,(H,14,15). The van der Waals surface area contributed by atoms with Crippen LogP contribution in [0.2, 0.25) is 0 Å². The van der Waals surface area contributed by atoms with E-state index in [9.17, 15) is 20.0 Å². The molecule has 0 aliphatic heterocycles. The van der Waals surface area contributed by atoms with E-state index in [0.717, 1.165) is 6.20 Å². The van der Waals surface area contributed by atoms with Crippen molar-refractivity contribution >= 4 is 17.4 Å². The minimum absolute atomic E-state index is 0.152. The Morgan fingerprint density at radius 1 is 1.62 bits per heavy atom. The summed E-state index contributed by atoms with van der Waals surface area (Å²) in [4.78, 5) is 27.9. The van der Waals surface area contributed by atoms with Gasteiger partial charge in [-0.3, -0.25) is 14.9 Å². The molecule has 8 heteroatoms. The fourth-order valence-corrected chi connectivity index (χ4v) is 1.71. The number of pyridine rings is 1. The van der Waals surface area contributed by atoms with E-state index in [2.05, 4.69) is 10.3 Å². The highest BCUT2D eigenvalue weighted by atomic mass is 16.6. The van der Waals surface area contributed by atoms with Crippen molar-refractivity contribution in [3.8, 4) is 0 Å². The van der Waals surface area contributed by atoms with Crippen molar-refractivity contribution in [3.05, 3.63) is 27.9 Å². The average molecular weight is 296 g/mol. The summed E-state index contributed by atoms with van der Waals surface area (Å²) in [6, 6.07) is 1.21. The molecule has 0 saturated heterocycles. The molecule has 0 saturated carbocycles. The summed E-state index contributed by atoms with van der Waals surface area (Å²) >= 11 is 0. The largest absolute Gasteiger partial charge is 0.393 e. The highest BCUT2D eigenvalue weighted by Gasteiger charge is 2.21. The predicted octanol–water partition coefficient (Wildman–Crippen LogP) is 1.26. The molecular formula is C13H20N4O4. The molecule has 0 aromatic carbocycles. The summed E-state index contributed by atoms with van der Waals surface area (Å²) in [5.41, 5.74) is -0.0805. The van der Waals surface area contributed by atoms with Crippen molar-refractivity contribution in [2.75, 3.05) is 25.5 Å². The Labute approximate surface area is 122 Å². The molecule has 1 heterocycles. The lowest BCUT2D eigenvalue weighted by atomic mass is 10.2. The summed E-state index contributed by atoms with van der Waals surface area (Å²) in [5.74, 6) is -0.0557. The highest BCUT2D eigenvalue weighted by molar-refractivity contribution is 5.99. The second kappa shape index (κ2) is 7.53. The lowest BCUT2D eigenvalue weighted by molar-refractivity contribution is -0.385. The zero-order valence-electron chi connectivity index (χ0n) is 12.4. The van der Waals surface area contributed by atoms with E-state index in [-0.39, 0.29) is 17.2 Å². The van der Waals surface area contributed by atoms with Gasteiger partial charge in [0.25, 0.3) is 11.6 Å². The maximum absolute atomic E-state index is 12.4. The smallest absolute Gasteiger partial charge is 0.288 e. The monoisotopic (exact) mass is 296 g/mol. The van der Waals surface area contributed by atoms with Gasteiger partial charge >= 0.3 is 0 Å². The molecule has 1 amide bonds. The third-order valence-corrected chi connectivity index (χ3v) is 2.89. The molecule has 0 aliphatic rings. The number of amides is 1. The summed E-state index contributed by atoms with van der Waals surface area (Å²) in [5, 5.41) is 23.0. The van der Waals surface area contributed by atoms with Crippen molar-refractivity contribution in [3.63, 3.8) is 0 Å². The molecule has 1 rings (SSSR count). The van der Waals surface area contributed by atoms with Gasteiger partial charge in [-0.15, -0.1) is 0 Å². The summed E-state index contributed by atoms with van der Waals surface area (Å²) < 4.78 is 0. The van der Waals surface area contributed by atoms with Gasteiger partial charge in [0.05, 0.1) is 16.6 Å². The number of aliphatic hydroxyl groups is 1. The molecule has 0 fully saturated rings. The SMILES string of the molecule is CCNc1ncc([N+](=O)[O-])cc1C(=O)N(C)CCC(C)O. The Morgan fingerprint density at radius 2 is 2.29 bits per heavy atom. The van der Waals surface area contributed by atoms with Crippen molar-refractivity contribution in [2.45, 2.75) is 26.4 Å². The first kappa shape index (κ1) is 16.8. The number of rotatable bonds is 7. The molecule has 116 valence electrons. The zero-order chi connectivity index (χ0) is 16.0. The maximum Gasteiger partial charge on any atom is 0.288 e. The molecule has 1 aromatic heterocycles. The summed E-state index contributed by atoms with van der Waals surface area (Å²) in [6.45, 7) is 4.37. The second-order valence-electron chi connectivity index (χ2n) is 4.74. The number of nitrogens with one attached hydrogen (secondary N) is 1. The molecule has 8 nitrogen and oxygen atoms in total. The minimum atomic E-state index is -0.588. The molecule has 0 aliphatic carbocycles. The summed E-state index contributed by atoms with van der Waals surface area (Å²) in [6.07, 6.45) is 1.03. The van der Waals surface area contributed by atoms with Gasteiger partial charge in [0.15, 0.2) is 0 Å². The van der Waals surface area contributed by atoms with Crippen molar-refractivity contribution in [1.29, 1.82) is 0 Å².